The number of ether oxygens (including phenoxy) is 5. The van der Waals surface area contributed by atoms with Crippen LogP contribution >= 0.6 is 0 Å². The average molecular weight is 432 g/mol. The van der Waals surface area contributed by atoms with Gasteiger partial charge < -0.3 is 23.7 Å². The third kappa shape index (κ3) is 4.43. The van der Waals surface area contributed by atoms with E-state index in [4.69, 9.17) is 23.7 Å². The highest BCUT2D eigenvalue weighted by Gasteiger charge is 2.25. The summed E-state index contributed by atoms with van der Waals surface area (Å²) in [4.78, 5) is 13.5. The van der Waals surface area contributed by atoms with Gasteiger partial charge in [-0.1, -0.05) is 6.92 Å². The molecule has 0 spiro atoms. The van der Waals surface area contributed by atoms with Crippen molar-refractivity contribution in [1.82, 2.24) is 0 Å². The van der Waals surface area contributed by atoms with Crippen LogP contribution in [0.15, 0.2) is 35.2 Å². The van der Waals surface area contributed by atoms with Crippen molar-refractivity contribution in [2.45, 2.75) is 18.2 Å². The first-order valence-corrected chi connectivity index (χ1v) is 10.7. The largest absolute Gasteiger partial charge is 0.496 e. The number of rotatable bonds is 9. The van der Waals surface area contributed by atoms with Crippen molar-refractivity contribution in [1.29, 1.82) is 0 Å². The van der Waals surface area contributed by atoms with E-state index >= 15 is 0 Å². The molecule has 30 heavy (non-hydrogen) atoms. The van der Waals surface area contributed by atoms with E-state index < -0.39 is 10.8 Å². The quantitative estimate of drug-likeness (QED) is 0.440. The minimum Gasteiger partial charge on any atom is -0.496 e. The first-order valence-electron chi connectivity index (χ1n) is 9.36. The Morgan fingerprint density at radius 1 is 1.07 bits per heavy atom. The van der Waals surface area contributed by atoms with Crippen LogP contribution in [0.4, 0.5) is 0 Å². The highest BCUT2D eigenvalue weighted by atomic mass is 32.2. The van der Waals surface area contributed by atoms with E-state index in [1.165, 1.54) is 20.3 Å². The molecular formula is C22H24O7S. The van der Waals surface area contributed by atoms with Gasteiger partial charge in [-0.3, -0.25) is 9.00 Å². The zero-order chi connectivity index (χ0) is 21.7. The Morgan fingerprint density at radius 3 is 2.37 bits per heavy atom. The second kappa shape index (κ2) is 9.67. The number of benzene rings is 2. The van der Waals surface area contributed by atoms with Gasteiger partial charge in [-0.05, 0) is 24.6 Å². The van der Waals surface area contributed by atoms with Crippen LogP contribution in [0.1, 0.15) is 29.3 Å². The summed E-state index contributed by atoms with van der Waals surface area (Å²) < 4.78 is 39.3. The van der Waals surface area contributed by atoms with Crippen LogP contribution in [0.2, 0.25) is 0 Å². The summed E-state index contributed by atoms with van der Waals surface area (Å²) >= 11 is 0. The third-order valence-corrected chi connectivity index (χ3v) is 5.64. The second-order valence-corrected chi connectivity index (χ2v) is 7.76. The smallest absolute Gasteiger partial charge is 0.189 e. The minimum atomic E-state index is -1.26. The number of carbonyl (C=O) groups is 1. The van der Waals surface area contributed by atoms with E-state index in [-0.39, 0.29) is 11.7 Å². The Morgan fingerprint density at radius 2 is 1.77 bits per heavy atom. The van der Waals surface area contributed by atoms with Crippen molar-refractivity contribution in [3.63, 3.8) is 0 Å². The van der Waals surface area contributed by atoms with Gasteiger partial charge in [0.15, 0.2) is 11.7 Å². The van der Waals surface area contributed by atoms with Crippen molar-refractivity contribution < 1.29 is 32.7 Å². The molecule has 1 aliphatic heterocycles. The average Bonchev–Trinajstić information content (AvgIpc) is 3.14. The molecule has 1 unspecified atom stereocenters. The molecular weight excluding hydrogens is 408 g/mol. The van der Waals surface area contributed by atoms with Crippen LogP contribution in [-0.4, -0.2) is 43.9 Å². The SMILES string of the molecule is CCCOc1cc2c(cc1C(=O)/C=C/c1c(OC)cc(OC)cc1OC)OCS2=O. The van der Waals surface area contributed by atoms with Crippen LogP contribution in [-0.2, 0) is 10.8 Å². The molecule has 8 heteroatoms. The molecule has 2 aromatic carbocycles. The molecule has 0 aliphatic carbocycles. The Bertz CT molecular complexity index is 972. The number of fused-ring (bicyclic) bond motifs is 1. The number of hydrogen-bond donors (Lipinski definition) is 0. The van der Waals surface area contributed by atoms with Crippen molar-refractivity contribution >= 4 is 22.7 Å². The van der Waals surface area contributed by atoms with Gasteiger partial charge in [-0.25, -0.2) is 0 Å². The second-order valence-electron chi connectivity index (χ2n) is 6.39. The van der Waals surface area contributed by atoms with E-state index in [1.54, 1.807) is 37.5 Å². The first-order chi connectivity index (χ1) is 14.5. The monoisotopic (exact) mass is 432 g/mol. The lowest BCUT2D eigenvalue weighted by atomic mass is 10.1. The summed E-state index contributed by atoms with van der Waals surface area (Å²) in [5.41, 5.74) is 0.937. The predicted octanol–water partition coefficient (Wildman–Crippen LogP) is 3.85. The molecule has 160 valence electrons. The minimum absolute atomic E-state index is 0.0796. The molecule has 1 aliphatic rings. The Hall–Kier alpha value is -3.00. The van der Waals surface area contributed by atoms with Crippen molar-refractivity contribution in [3.8, 4) is 28.7 Å². The number of carbonyl (C=O) groups excluding carboxylic acids is 1. The van der Waals surface area contributed by atoms with Gasteiger partial charge in [-0.15, -0.1) is 0 Å². The van der Waals surface area contributed by atoms with Crippen molar-refractivity contribution in [3.05, 3.63) is 41.5 Å². The summed E-state index contributed by atoms with van der Waals surface area (Å²) in [6, 6.07) is 6.63. The van der Waals surface area contributed by atoms with Crippen LogP contribution in [0.3, 0.4) is 0 Å². The normalized spacial score (nSPS) is 14.9. The number of allylic oxidation sites excluding steroid dienone is 1. The topological polar surface area (TPSA) is 80.3 Å². The van der Waals surface area contributed by atoms with Gasteiger partial charge in [0, 0.05) is 18.2 Å². The summed E-state index contributed by atoms with van der Waals surface area (Å²) in [5, 5.41) is 0. The number of methoxy groups -OCH3 is 3. The van der Waals surface area contributed by atoms with Crippen LogP contribution in [0.5, 0.6) is 28.7 Å². The fourth-order valence-corrected chi connectivity index (χ4v) is 3.92. The fourth-order valence-electron chi connectivity index (χ4n) is 2.98. The molecule has 0 radical (unpaired) electrons. The lowest BCUT2D eigenvalue weighted by molar-refractivity contribution is 0.104. The third-order valence-electron chi connectivity index (χ3n) is 4.49. The lowest BCUT2D eigenvalue weighted by Gasteiger charge is -2.13. The standard InChI is InChI=1S/C22H24O7S/c1-5-8-28-20-12-22-21(29-13-30(22)24)11-16(20)17(23)7-6-15-18(26-3)9-14(25-2)10-19(15)27-4/h6-7,9-12H,5,8,13H2,1-4H3/b7-6+. The molecule has 1 heterocycles. The summed E-state index contributed by atoms with van der Waals surface area (Å²) in [6.07, 6.45) is 3.81. The molecule has 2 aromatic rings. The van der Waals surface area contributed by atoms with E-state index in [2.05, 4.69) is 0 Å². The zero-order valence-electron chi connectivity index (χ0n) is 17.4. The molecule has 0 saturated carbocycles. The van der Waals surface area contributed by atoms with Crippen LogP contribution < -0.4 is 23.7 Å². The molecule has 0 bridgehead atoms. The summed E-state index contributed by atoms with van der Waals surface area (Å²) in [6.45, 7) is 2.41. The zero-order valence-corrected chi connectivity index (χ0v) is 18.2. The van der Waals surface area contributed by atoms with E-state index in [0.29, 0.717) is 51.4 Å². The molecule has 0 fully saturated rings. The van der Waals surface area contributed by atoms with Gasteiger partial charge in [0.1, 0.15) is 28.7 Å². The Kier molecular flexibility index (Phi) is 6.99. The highest BCUT2D eigenvalue weighted by Crippen LogP contribution is 2.37. The van der Waals surface area contributed by atoms with E-state index in [1.807, 2.05) is 6.92 Å². The molecule has 3 rings (SSSR count). The maximum atomic E-state index is 13.0. The number of ketones is 1. The Labute approximate surface area is 178 Å². The molecule has 0 aromatic heterocycles. The van der Waals surface area contributed by atoms with Crippen LogP contribution in [0, 0.1) is 0 Å². The van der Waals surface area contributed by atoms with Crippen molar-refractivity contribution in [2.75, 3.05) is 33.9 Å². The van der Waals surface area contributed by atoms with Gasteiger partial charge >= 0.3 is 0 Å². The summed E-state index contributed by atoms with van der Waals surface area (Å²) in [5.74, 6) is 2.20. The van der Waals surface area contributed by atoms with E-state index in [9.17, 15) is 9.00 Å². The van der Waals surface area contributed by atoms with Gasteiger partial charge in [0.05, 0.1) is 54.8 Å². The summed E-state index contributed by atoms with van der Waals surface area (Å²) in [7, 11) is 3.35. The molecule has 7 nitrogen and oxygen atoms in total. The van der Waals surface area contributed by atoms with Crippen molar-refractivity contribution in [2.24, 2.45) is 0 Å². The van der Waals surface area contributed by atoms with Gasteiger partial charge in [-0.2, -0.15) is 0 Å². The maximum absolute atomic E-state index is 13.0. The highest BCUT2D eigenvalue weighted by molar-refractivity contribution is 7.85. The van der Waals surface area contributed by atoms with Gasteiger partial charge in [0.25, 0.3) is 0 Å². The van der Waals surface area contributed by atoms with Crippen LogP contribution in [0.25, 0.3) is 6.08 Å². The molecule has 1 atom stereocenters. The van der Waals surface area contributed by atoms with E-state index in [0.717, 1.165) is 6.42 Å². The lowest BCUT2D eigenvalue weighted by Crippen LogP contribution is -2.04. The predicted molar refractivity (Wildman–Crippen MR) is 114 cm³/mol. The Balaban J connectivity index is 1.98. The van der Waals surface area contributed by atoms with Gasteiger partial charge in [0.2, 0.25) is 0 Å². The molecule has 0 saturated heterocycles. The molecule has 0 amide bonds. The fraction of sp³-hybridized carbons (Fsp3) is 0.318. The molecule has 0 N–H and O–H groups in total. The first kappa shape index (κ1) is 21.7. The number of hydrogen-bond acceptors (Lipinski definition) is 7. The maximum Gasteiger partial charge on any atom is 0.189 e.